The van der Waals surface area contributed by atoms with E-state index >= 15 is 0 Å². The van der Waals surface area contributed by atoms with Gasteiger partial charge in [0, 0.05) is 0 Å². The number of benzene rings is 4. The van der Waals surface area contributed by atoms with Gasteiger partial charge in [-0.3, -0.25) is 0 Å². The zero-order valence-electron chi connectivity index (χ0n) is 33.9. The SMILES string of the molecule is CC.CC.CC.CC.CC.CC.CC.CC.CC(C)C.CC1OCO1.c1ccc2ccccc2c1.c1ccc2ccccc2c1. The Balaban J connectivity index is -0.0000000770. The van der Waals surface area contributed by atoms with Crippen molar-refractivity contribution in [3.05, 3.63) is 97.1 Å². The van der Waals surface area contributed by atoms with E-state index in [4.69, 9.17) is 9.47 Å². The summed E-state index contributed by atoms with van der Waals surface area (Å²) in [6, 6.07) is 33.4. The van der Waals surface area contributed by atoms with Gasteiger partial charge in [0.2, 0.25) is 0 Å². The van der Waals surface area contributed by atoms with Gasteiger partial charge in [0.15, 0.2) is 13.1 Å². The molecule has 4 aromatic rings. The van der Waals surface area contributed by atoms with Crippen LogP contribution in [0.25, 0.3) is 21.5 Å². The highest BCUT2D eigenvalue weighted by atomic mass is 16.8. The lowest BCUT2D eigenvalue weighted by atomic mass is 10.1. The predicted octanol–water partition coefficient (Wildman–Crippen LogP) is 15.9. The Morgan fingerprint density at radius 2 is 0.489 bits per heavy atom. The molecule has 4 aromatic carbocycles. The second kappa shape index (κ2) is 57.0. The molecule has 5 rings (SSSR count). The van der Waals surface area contributed by atoms with E-state index in [2.05, 4.69) is 118 Å². The molecule has 0 bridgehead atoms. The first-order chi connectivity index (χ1) is 22.1. The summed E-state index contributed by atoms with van der Waals surface area (Å²) in [6.07, 6.45) is 0.0648. The molecule has 1 aliphatic rings. The fourth-order valence-electron chi connectivity index (χ4n) is 2.47. The van der Waals surface area contributed by atoms with Gasteiger partial charge in [0.05, 0.1) is 0 Å². The van der Waals surface area contributed by atoms with E-state index < -0.39 is 0 Å². The fourth-order valence-corrected chi connectivity index (χ4v) is 2.47. The molecule has 0 unspecified atom stereocenters. The third-order valence-corrected chi connectivity index (χ3v) is 3.92. The molecule has 2 nitrogen and oxygen atoms in total. The summed E-state index contributed by atoms with van der Waals surface area (Å²) in [4.78, 5) is 0. The maximum absolute atomic E-state index is 4.71. The molecule has 264 valence electrons. The molecule has 0 radical (unpaired) electrons. The number of hydrogen-bond acceptors (Lipinski definition) is 2. The molecule has 0 amide bonds. The lowest BCUT2D eigenvalue weighted by Crippen LogP contribution is -2.26. The summed E-state index contributed by atoms with van der Waals surface area (Å²) >= 11 is 0. The molecule has 0 atom stereocenters. The van der Waals surface area contributed by atoms with Gasteiger partial charge in [-0.25, -0.2) is 0 Å². The number of rotatable bonds is 0. The molecule has 1 heterocycles. The zero-order chi connectivity index (χ0) is 36.9. The number of hydrogen-bond donors (Lipinski definition) is 0. The largest absolute Gasteiger partial charge is 0.327 e. The third kappa shape index (κ3) is 41.3. The maximum atomic E-state index is 4.71. The van der Waals surface area contributed by atoms with Gasteiger partial charge in [-0.15, -0.1) is 0 Å². The van der Waals surface area contributed by atoms with Crippen molar-refractivity contribution < 1.29 is 9.47 Å². The Morgan fingerprint density at radius 1 is 0.378 bits per heavy atom. The van der Waals surface area contributed by atoms with E-state index in [1.54, 1.807) is 0 Å². The Bertz CT molecular complexity index is 755. The van der Waals surface area contributed by atoms with Gasteiger partial charge in [-0.05, 0) is 34.4 Å². The average Bonchev–Trinajstić information content (AvgIpc) is 3.14. The molecule has 0 N–H and O–H groups in total. The molecule has 0 aliphatic carbocycles. The van der Waals surface area contributed by atoms with Crippen molar-refractivity contribution in [1.82, 2.24) is 0 Å². The van der Waals surface area contributed by atoms with Crippen LogP contribution in [0.15, 0.2) is 97.1 Å². The molecule has 0 saturated carbocycles. The highest BCUT2D eigenvalue weighted by Crippen LogP contribution is 2.12. The van der Waals surface area contributed by atoms with E-state index in [0.717, 1.165) is 5.92 Å². The molecule has 0 aromatic heterocycles. The van der Waals surface area contributed by atoms with E-state index in [9.17, 15) is 0 Å². The molecule has 2 heteroatoms. The van der Waals surface area contributed by atoms with Crippen LogP contribution in [-0.2, 0) is 9.47 Å². The standard InChI is InChI=1S/2C10H8.C4H10.C3H6O2.8C2H6/c2*1-2-6-10-8-4-3-7-9(10)5-1;1-4(2)3;1-3-4-2-5-3;8*1-2/h2*1-8H;4H,1-3H3;3H,2H2,1H3;8*1-2H3. The lowest BCUT2D eigenvalue weighted by Gasteiger charge is -2.21. The van der Waals surface area contributed by atoms with Crippen LogP contribution in [-0.4, -0.2) is 13.1 Å². The summed E-state index contributed by atoms with van der Waals surface area (Å²) in [5, 5.41) is 5.24. The Labute approximate surface area is 285 Å². The van der Waals surface area contributed by atoms with Crippen LogP contribution in [0.2, 0.25) is 0 Å². The zero-order valence-corrected chi connectivity index (χ0v) is 33.9. The second-order valence-corrected chi connectivity index (χ2v) is 7.45. The highest BCUT2D eigenvalue weighted by molar-refractivity contribution is 5.82. The highest BCUT2D eigenvalue weighted by Gasteiger charge is 2.09. The van der Waals surface area contributed by atoms with Crippen LogP contribution in [0.5, 0.6) is 0 Å². The first-order valence-corrected chi connectivity index (χ1v) is 18.2. The minimum absolute atomic E-state index is 0.0648. The smallest absolute Gasteiger partial charge is 0.160 e. The van der Waals surface area contributed by atoms with Gasteiger partial charge in [0.1, 0.15) is 0 Å². The van der Waals surface area contributed by atoms with E-state index in [-0.39, 0.29) is 6.29 Å². The molecule has 0 spiro atoms. The first-order valence-electron chi connectivity index (χ1n) is 18.2. The number of fused-ring (bicyclic) bond motifs is 2. The van der Waals surface area contributed by atoms with Crippen molar-refractivity contribution >= 4 is 21.5 Å². The summed E-state index contributed by atoms with van der Waals surface area (Å²) in [5.74, 6) is 0.833. The van der Waals surface area contributed by atoms with E-state index in [0.29, 0.717) is 6.79 Å². The van der Waals surface area contributed by atoms with Crippen LogP contribution in [0.4, 0.5) is 0 Å². The van der Waals surface area contributed by atoms with Gasteiger partial charge >= 0.3 is 0 Å². The summed E-state index contributed by atoms with van der Waals surface area (Å²) in [7, 11) is 0. The van der Waals surface area contributed by atoms with Gasteiger partial charge in [0.25, 0.3) is 0 Å². The van der Waals surface area contributed by atoms with Crippen molar-refractivity contribution in [3.8, 4) is 0 Å². The normalized spacial score (nSPS) is 9.18. The lowest BCUT2D eigenvalue weighted by molar-refractivity contribution is -0.311. The Morgan fingerprint density at radius 3 is 0.556 bits per heavy atom. The van der Waals surface area contributed by atoms with Crippen molar-refractivity contribution in [2.45, 2.75) is 145 Å². The topological polar surface area (TPSA) is 18.5 Å². The molecule has 1 fully saturated rings. The van der Waals surface area contributed by atoms with Crippen LogP contribution in [0.3, 0.4) is 0 Å². The van der Waals surface area contributed by atoms with Crippen LogP contribution in [0.1, 0.15) is 138 Å². The monoisotopic (exact) mass is 629 g/mol. The van der Waals surface area contributed by atoms with Crippen molar-refractivity contribution in [2.24, 2.45) is 5.92 Å². The van der Waals surface area contributed by atoms with Gasteiger partial charge in [-0.2, -0.15) is 0 Å². The quantitative estimate of drug-likeness (QED) is 0.193. The summed E-state index contributed by atoms with van der Waals surface area (Å²) in [5.41, 5.74) is 0. The van der Waals surface area contributed by atoms with E-state index in [1.807, 2.05) is 118 Å². The molecule has 1 aliphatic heterocycles. The number of ether oxygens (including phenoxy) is 2. The molecular weight excluding hydrogens is 548 g/mol. The van der Waals surface area contributed by atoms with Crippen molar-refractivity contribution in [2.75, 3.05) is 6.79 Å². The van der Waals surface area contributed by atoms with Gasteiger partial charge in [-0.1, -0.05) is 229 Å². The third-order valence-electron chi connectivity index (χ3n) is 3.92. The maximum Gasteiger partial charge on any atom is 0.160 e. The van der Waals surface area contributed by atoms with Crippen LogP contribution < -0.4 is 0 Å². The van der Waals surface area contributed by atoms with Crippen LogP contribution >= 0.6 is 0 Å². The molecule has 1 saturated heterocycles. The Hall–Kier alpha value is -2.68. The molecule has 45 heavy (non-hydrogen) atoms. The average molecular weight is 629 g/mol. The van der Waals surface area contributed by atoms with Crippen molar-refractivity contribution in [1.29, 1.82) is 0 Å². The first kappa shape index (κ1) is 57.9. The minimum Gasteiger partial charge on any atom is -0.327 e. The van der Waals surface area contributed by atoms with Gasteiger partial charge < -0.3 is 9.47 Å². The van der Waals surface area contributed by atoms with E-state index in [1.165, 1.54) is 21.5 Å². The fraction of sp³-hybridized carbons (Fsp3) is 0.535. The van der Waals surface area contributed by atoms with Crippen molar-refractivity contribution in [3.63, 3.8) is 0 Å². The molecular formula is C43H80O2. The summed E-state index contributed by atoms with van der Waals surface area (Å²) in [6.45, 7) is 40.9. The van der Waals surface area contributed by atoms with Crippen LogP contribution in [0, 0.1) is 5.92 Å². The predicted molar refractivity (Wildman–Crippen MR) is 216 cm³/mol. The Kier molecular flexibility index (Phi) is 73.4. The summed E-state index contributed by atoms with van der Waals surface area (Å²) < 4.78 is 9.42. The minimum atomic E-state index is 0.0648. The second-order valence-electron chi connectivity index (χ2n) is 7.45.